The lowest BCUT2D eigenvalue weighted by Crippen LogP contribution is -1.94. The molecule has 3 heteroatoms. The average Bonchev–Trinajstić information content (AvgIpc) is 2.48. The number of aryl methyl sites for hydroxylation is 1. The summed E-state index contributed by atoms with van der Waals surface area (Å²) in [6.45, 7) is 2.72. The summed E-state index contributed by atoms with van der Waals surface area (Å²) in [7, 11) is 5.03. The number of methoxy groups -OCH3 is 3. The lowest BCUT2D eigenvalue weighted by atomic mass is 9.99. The normalized spacial score (nSPS) is 10.4. The van der Waals surface area contributed by atoms with Crippen LogP contribution >= 0.6 is 0 Å². The van der Waals surface area contributed by atoms with E-state index in [2.05, 4.69) is 25.1 Å². The molecule has 0 aromatic heterocycles. The summed E-state index contributed by atoms with van der Waals surface area (Å²) in [4.78, 5) is 0. The summed E-state index contributed by atoms with van der Waals surface area (Å²) < 4.78 is 15.9. The van der Waals surface area contributed by atoms with Crippen LogP contribution < -0.4 is 9.47 Å². The van der Waals surface area contributed by atoms with Gasteiger partial charge in [-0.15, -0.1) is 0 Å². The number of rotatable bonds is 5. The van der Waals surface area contributed by atoms with E-state index < -0.39 is 0 Å². The largest absolute Gasteiger partial charge is 0.497 e. The van der Waals surface area contributed by atoms with E-state index in [0.29, 0.717) is 6.61 Å². The molecule has 0 aliphatic rings. The molecule has 0 unspecified atom stereocenters. The number of benzene rings is 2. The average molecular weight is 272 g/mol. The lowest BCUT2D eigenvalue weighted by Gasteiger charge is -2.12. The smallest absolute Gasteiger partial charge is 0.130 e. The highest BCUT2D eigenvalue weighted by Crippen LogP contribution is 2.34. The third-order valence-electron chi connectivity index (χ3n) is 3.36. The van der Waals surface area contributed by atoms with Gasteiger partial charge in [-0.05, 0) is 35.7 Å². The first kappa shape index (κ1) is 14.4. The Morgan fingerprint density at radius 3 is 2.30 bits per heavy atom. The summed E-state index contributed by atoms with van der Waals surface area (Å²) in [6.07, 6.45) is 0. The first-order valence-corrected chi connectivity index (χ1v) is 6.50. The van der Waals surface area contributed by atoms with Crippen molar-refractivity contribution in [3.8, 4) is 22.6 Å². The van der Waals surface area contributed by atoms with Gasteiger partial charge in [0.25, 0.3) is 0 Å². The Hall–Kier alpha value is -2.00. The molecule has 0 amide bonds. The maximum absolute atomic E-state index is 5.46. The van der Waals surface area contributed by atoms with Gasteiger partial charge in [-0.1, -0.05) is 18.2 Å². The van der Waals surface area contributed by atoms with Crippen molar-refractivity contribution in [1.82, 2.24) is 0 Å². The molecule has 0 spiro atoms. The van der Waals surface area contributed by atoms with Gasteiger partial charge in [0.2, 0.25) is 0 Å². The Morgan fingerprint density at radius 1 is 0.900 bits per heavy atom. The van der Waals surface area contributed by atoms with Crippen molar-refractivity contribution >= 4 is 0 Å². The van der Waals surface area contributed by atoms with Crippen LogP contribution in [0.25, 0.3) is 11.1 Å². The molecule has 2 aromatic carbocycles. The van der Waals surface area contributed by atoms with Gasteiger partial charge < -0.3 is 14.2 Å². The zero-order valence-corrected chi connectivity index (χ0v) is 12.4. The van der Waals surface area contributed by atoms with Crippen LogP contribution in [0.3, 0.4) is 0 Å². The molecule has 20 heavy (non-hydrogen) atoms. The summed E-state index contributed by atoms with van der Waals surface area (Å²) >= 11 is 0. The Labute approximate surface area is 120 Å². The summed E-state index contributed by atoms with van der Waals surface area (Å²) in [5.74, 6) is 1.60. The molecule has 0 fully saturated rings. The molecule has 2 rings (SSSR count). The van der Waals surface area contributed by atoms with Crippen LogP contribution in [0.1, 0.15) is 11.1 Å². The van der Waals surface area contributed by atoms with E-state index in [9.17, 15) is 0 Å². The van der Waals surface area contributed by atoms with Crippen LogP contribution in [0.4, 0.5) is 0 Å². The number of ether oxygens (including phenoxy) is 3. The van der Waals surface area contributed by atoms with E-state index in [0.717, 1.165) is 22.6 Å². The highest BCUT2D eigenvalue weighted by molar-refractivity contribution is 5.72. The minimum atomic E-state index is 0.631. The minimum absolute atomic E-state index is 0.631. The topological polar surface area (TPSA) is 27.7 Å². The Balaban J connectivity index is 2.43. The highest BCUT2D eigenvalue weighted by Gasteiger charge is 2.09. The predicted molar refractivity (Wildman–Crippen MR) is 80.4 cm³/mol. The second-order valence-corrected chi connectivity index (χ2v) is 4.64. The molecule has 2 aromatic rings. The fraction of sp³-hybridized carbons (Fsp3) is 0.294. The lowest BCUT2D eigenvalue weighted by molar-refractivity contribution is 0.184. The first-order chi connectivity index (χ1) is 9.69. The molecule has 0 bridgehead atoms. The molecule has 0 atom stereocenters. The van der Waals surface area contributed by atoms with E-state index in [-0.39, 0.29) is 0 Å². The van der Waals surface area contributed by atoms with Crippen LogP contribution in [-0.2, 0) is 11.3 Å². The van der Waals surface area contributed by atoms with E-state index in [1.54, 1.807) is 21.3 Å². The van der Waals surface area contributed by atoms with Gasteiger partial charge in [-0.2, -0.15) is 0 Å². The van der Waals surface area contributed by atoms with Crippen LogP contribution in [-0.4, -0.2) is 21.3 Å². The Morgan fingerprint density at radius 2 is 1.70 bits per heavy atom. The van der Waals surface area contributed by atoms with E-state index in [4.69, 9.17) is 14.2 Å². The van der Waals surface area contributed by atoms with Gasteiger partial charge in [0.15, 0.2) is 0 Å². The zero-order valence-electron chi connectivity index (χ0n) is 12.4. The zero-order chi connectivity index (χ0) is 14.5. The van der Waals surface area contributed by atoms with Crippen molar-refractivity contribution in [2.24, 2.45) is 0 Å². The van der Waals surface area contributed by atoms with Gasteiger partial charge in [0, 0.05) is 18.7 Å². The summed E-state index contributed by atoms with van der Waals surface area (Å²) in [5, 5.41) is 0. The second kappa shape index (κ2) is 6.44. The maximum atomic E-state index is 5.46. The molecule has 3 nitrogen and oxygen atoms in total. The molecular weight excluding hydrogens is 252 g/mol. The first-order valence-electron chi connectivity index (χ1n) is 6.50. The standard InChI is InChI=1S/C17H20O3/c1-12-9-13(5-6-14(12)11-18-2)16-8-7-15(19-3)10-17(16)20-4/h5-10H,11H2,1-4H3. The fourth-order valence-corrected chi connectivity index (χ4v) is 2.22. The van der Waals surface area contributed by atoms with Crippen molar-refractivity contribution in [3.63, 3.8) is 0 Å². The van der Waals surface area contributed by atoms with Crippen LogP contribution in [0, 0.1) is 6.92 Å². The molecule has 106 valence electrons. The van der Waals surface area contributed by atoms with E-state index >= 15 is 0 Å². The van der Waals surface area contributed by atoms with Crippen molar-refractivity contribution in [2.45, 2.75) is 13.5 Å². The van der Waals surface area contributed by atoms with Crippen molar-refractivity contribution in [2.75, 3.05) is 21.3 Å². The molecule has 0 N–H and O–H groups in total. The maximum Gasteiger partial charge on any atom is 0.130 e. The van der Waals surface area contributed by atoms with Gasteiger partial charge in [-0.3, -0.25) is 0 Å². The Kier molecular flexibility index (Phi) is 4.64. The molecular formula is C17H20O3. The van der Waals surface area contributed by atoms with E-state index in [1.165, 1.54) is 11.1 Å². The van der Waals surface area contributed by atoms with Gasteiger partial charge in [0.05, 0.1) is 20.8 Å². The molecule has 0 aliphatic heterocycles. The van der Waals surface area contributed by atoms with Crippen LogP contribution in [0.5, 0.6) is 11.5 Å². The Bertz CT molecular complexity index is 591. The monoisotopic (exact) mass is 272 g/mol. The van der Waals surface area contributed by atoms with Crippen molar-refractivity contribution in [3.05, 3.63) is 47.5 Å². The SMILES string of the molecule is COCc1ccc(-c2ccc(OC)cc2OC)cc1C. The summed E-state index contributed by atoms with van der Waals surface area (Å²) in [6, 6.07) is 12.2. The van der Waals surface area contributed by atoms with Crippen LogP contribution in [0.15, 0.2) is 36.4 Å². The van der Waals surface area contributed by atoms with Crippen LogP contribution in [0.2, 0.25) is 0 Å². The number of hydrogen-bond donors (Lipinski definition) is 0. The third-order valence-corrected chi connectivity index (χ3v) is 3.36. The van der Waals surface area contributed by atoms with Crippen molar-refractivity contribution in [1.29, 1.82) is 0 Å². The fourth-order valence-electron chi connectivity index (χ4n) is 2.22. The van der Waals surface area contributed by atoms with E-state index in [1.807, 2.05) is 18.2 Å². The quantitative estimate of drug-likeness (QED) is 0.828. The molecule has 0 heterocycles. The van der Waals surface area contributed by atoms with Gasteiger partial charge >= 0.3 is 0 Å². The minimum Gasteiger partial charge on any atom is -0.497 e. The predicted octanol–water partition coefficient (Wildman–Crippen LogP) is 3.83. The number of hydrogen-bond acceptors (Lipinski definition) is 3. The van der Waals surface area contributed by atoms with Gasteiger partial charge in [0.1, 0.15) is 11.5 Å². The molecule has 0 saturated carbocycles. The second-order valence-electron chi connectivity index (χ2n) is 4.64. The molecule has 0 aliphatic carbocycles. The van der Waals surface area contributed by atoms with Gasteiger partial charge in [-0.25, -0.2) is 0 Å². The summed E-state index contributed by atoms with van der Waals surface area (Å²) in [5.41, 5.74) is 4.59. The highest BCUT2D eigenvalue weighted by atomic mass is 16.5. The third kappa shape index (κ3) is 2.94. The van der Waals surface area contributed by atoms with Crippen molar-refractivity contribution < 1.29 is 14.2 Å². The molecule has 0 radical (unpaired) electrons. The molecule has 0 saturated heterocycles.